The maximum absolute atomic E-state index is 11.4. The zero-order valence-corrected chi connectivity index (χ0v) is 8.85. The van der Waals surface area contributed by atoms with Crippen molar-refractivity contribution in [2.45, 2.75) is 32.1 Å². The van der Waals surface area contributed by atoms with Gasteiger partial charge in [0.2, 0.25) is 5.91 Å². The zero-order chi connectivity index (χ0) is 9.80. The lowest BCUT2D eigenvalue weighted by Crippen LogP contribution is -2.11. The maximum atomic E-state index is 11.4. The lowest BCUT2D eigenvalue weighted by Gasteiger charge is -2.00. The first-order valence-corrected chi connectivity index (χ1v) is 5.88. The van der Waals surface area contributed by atoms with Gasteiger partial charge in [0.25, 0.3) is 0 Å². The Morgan fingerprint density at radius 3 is 3.14 bits per heavy atom. The molecule has 3 nitrogen and oxygen atoms in total. The first-order valence-electron chi connectivity index (χ1n) is 5.05. The number of rotatable bonds is 5. The topological polar surface area (TPSA) is 42.0 Å². The molecule has 1 amide bonds. The third-order valence-electron chi connectivity index (χ3n) is 2.42. The monoisotopic (exact) mass is 210 g/mol. The molecule has 0 aliphatic heterocycles. The molecule has 1 aromatic heterocycles. The lowest BCUT2D eigenvalue weighted by atomic mass is 10.2. The van der Waals surface area contributed by atoms with Gasteiger partial charge in [-0.25, -0.2) is 0 Å². The highest BCUT2D eigenvalue weighted by Gasteiger charge is 2.20. The van der Waals surface area contributed by atoms with Crippen LogP contribution in [0.2, 0.25) is 0 Å². The van der Waals surface area contributed by atoms with Crippen LogP contribution in [-0.2, 0) is 4.79 Å². The van der Waals surface area contributed by atoms with Crippen molar-refractivity contribution in [2.75, 3.05) is 5.32 Å². The molecular weight excluding hydrogens is 196 g/mol. The van der Waals surface area contributed by atoms with Crippen LogP contribution in [-0.4, -0.2) is 10.3 Å². The van der Waals surface area contributed by atoms with E-state index in [2.05, 4.69) is 9.69 Å². The average molecular weight is 210 g/mol. The molecule has 1 N–H and O–H groups in total. The number of nitrogens with zero attached hydrogens (tertiary/aromatic N) is 1. The molecule has 76 valence electrons. The summed E-state index contributed by atoms with van der Waals surface area (Å²) < 4.78 is 4.02. The molecule has 0 aromatic carbocycles. The summed E-state index contributed by atoms with van der Waals surface area (Å²) in [5.74, 6) is 1.70. The largest absolute Gasteiger partial charge is 0.310 e. The van der Waals surface area contributed by atoms with Gasteiger partial charge in [-0.2, -0.15) is 4.37 Å². The van der Waals surface area contributed by atoms with Gasteiger partial charge in [-0.05, 0) is 36.4 Å². The number of anilines is 1. The quantitative estimate of drug-likeness (QED) is 0.811. The molecule has 1 saturated carbocycles. The molecule has 0 radical (unpaired) electrons. The number of amides is 1. The summed E-state index contributed by atoms with van der Waals surface area (Å²) in [6.45, 7) is 0. The fourth-order valence-electron chi connectivity index (χ4n) is 1.44. The van der Waals surface area contributed by atoms with Crippen LogP contribution in [0.15, 0.2) is 11.4 Å². The number of hydrogen-bond donors (Lipinski definition) is 1. The normalized spacial score (nSPS) is 15.4. The van der Waals surface area contributed by atoms with E-state index in [1.54, 1.807) is 0 Å². The number of carbonyl (C=O) groups excluding carboxylic acids is 1. The first-order chi connectivity index (χ1) is 6.84. The molecule has 1 fully saturated rings. The van der Waals surface area contributed by atoms with Crippen LogP contribution in [0.5, 0.6) is 0 Å². The second-order valence-electron chi connectivity index (χ2n) is 3.77. The molecule has 1 aliphatic rings. The van der Waals surface area contributed by atoms with Crippen LogP contribution in [0.25, 0.3) is 0 Å². The third kappa shape index (κ3) is 3.10. The van der Waals surface area contributed by atoms with E-state index >= 15 is 0 Å². The SMILES string of the molecule is O=C(CCCC1CC1)Nc1ccsn1. The number of nitrogens with one attached hydrogen (secondary N) is 1. The van der Waals surface area contributed by atoms with Crippen molar-refractivity contribution < 1.29 is 4.79 Å². The highest BCUT2D eigenvalue weighted by Crippen LogP contribution is 2.33. The van der Waals surface area contributed by atoms with E-state index in [0.29, 0.717) is 12.2 Å². The Morgan fingerprint density at radius 1 is 1.64 bits per heavy atom. The lowest BCUT2D eigenvalue weighted by molar-refractivity contribution is -0.116. The van der Waals surface area contributed by atoms with E-state index in [1.807, 2.05) is 11.4 Å². The summed E-state index contributed by atoms with van der Waals surface area (Å²) in [4.78, 5) is 11.4. The van der Waals surface area contributed by atoms with Gasteiger partial charge in [-0.15, -0.1) is 0 Å². The Balaban J connectivity index is 1.62. The Bertz CT molecular complexity index is 293. The molecule has 0 saturated heterocycles. The smallest absolute Gasteiger partial charge is 0.225 e. The number of aromatic nitrogens is 1. The van der Waals surface area contributed by atoms with Crippen molar-refractivity contribution in [3.63, 3.8) is 0 Å². The number of hydrogen-bond acceptors (Lipinski definition) is 3. The molecule has 1 heterocycles. The predicted molar refractivity (Wildman–Crippen MR) is 57.3 cm³/mol. The minimum absolute atomic E-state index is 0.0940. The van der Waals surface area contributed by atoms with Crippen molar-refractivity contribution >= 4 is 23.3 Å². The van der Waals surface area contributed by atoms with E-state index in [9.17, 15) is 4.79 Å². The van der Waals surface area contributed by atoms with Crippen LogP contribution < -0.4 is 5.32 Å². The molecule has 14 heavy (non-hydrogen) atoms. The molecule has 0 spiro atoms. The molecule has 0 bridgehead atoms. The van der Waals surface area contributed by atoms with Crippen molar-refractivity contribution in [2.24, 2.45) is 5.92 Å². The molecule has 2 rings (SSSR count). The molecule has 0 unspecified atom stereocenters. The van der Waals surface area contributed by atoms with Gasteiger partial charge >= 0.3 is 0 Å². The van der Waals surface area contributed by atoms with Crippen LogP contribution in [0.1, 0.15) is 32.1 Å². The molecule has 1 aliphatic carbocycles. The van der Waals surface area contributed by atoms with Gasteiger partial charge in [0.15, 0.2) is 0 Å². The highest BCUT2D eigenvalue weighted by atomic mass is 32.1. The summed E-state index contributed by atoms with van der Waals surface area (Å²) in [7, 11) is 0. The van der Waals surface area contributed by atoms with E-state index in [-0.39, 0.29) is 5.91 Å². The van der Waals surface area contributed by atoms with Gasteiger partial charge in [-0.3, -0.25) is 4.79 Å². The summed E-state index contributed by atoms with van der Waals surface area (Å²) in [5, 5.41) is 4.64. The van der Waals surface area contributed by atoms with Crippen LogP contribution in [0, 0.1) is 5.92 Å². The van der Waals surface area contributed by atoms with Gasteiger partial charge in [-0.1, -0.05) is 12.8 Å². The molecule has 0 atom stereocenters. The molecule has 4 heteroatoms. The summed E-state index contributed by atoms with van der Waals surface area (Å²) in [6.07, 6.45) is 5.60. The van der Waals surface area contributed by atoms with Crippen LogP contribution in [0.3, 0.4) is 0 Å². The fourth-order valence-corrected chi connectivity index (χ4v) is 1.91. The van der Waals surface area contributed by atoms with Crippen molar-refractivity contribution in [3.8, 4) is 0 Å². The van der Waals surface area contributed by atoms with Gasteiger partial charge in [0.05, 0.1) is 0 Å². The van der Waals surface area contributed by atoms with E-state index < -0.39 is 0 Å². The summed E-state index contributed by atoms with van der Waals surface area (Å²) in [5.41, 5.74) is 0. The van der Waals surface area contributed by atoms with Gasteiger partial charge < -0.3 is 5.32 Å². The third-order valence-corrected chi connectivity index (χ3v) is 2.98. The summed E-state index contributed by atoms with van der Waals surface area (Å²) >= 11 is 1.36. The van der Waals surface area contributed by atoms with Gasteiger partial charge in [0.1, 0.15) is 5.82 Å². The second-order valence-corrected chi connectivity index (χ2v) is 4.43. The Morgan fingerprint density at radius 2 is 2.50 bits per heavy atom. The van der Waals surface area contributed by atoms with E-state index in [0.717, 1.165) is 12.3 Å². The fraction of sp³-hybridized carbons (Fsp3) is 0.600. The second kappa shape index (κ2) is 4.55. The Labute approximate surface area is 87.7 Å². The number of carbonyl (C=O) groups is 1. The van der Waals surface area contributed by atoms with Gasteiger partial charge in [0, 0.05) is 11.8 Å². The molecule has 1 aromatic rings. The zero-order valence-electron chi connectivity index (χ0n) is 8.03. The minimum atomic E-state index is 0.0940. The Kier molecular flexibility index (Phi) is 3.14. The maximum Gasteiger partial charge on any atom is 0.225 e. The average Bonchev–Trinajstić information content (AvgIpc) is 2.83. The van der Waals surface area contributed by atoms with E-state index in [1.165, 1.54) is 30.8 Å². The van der Waals surface area contributed by atoms with Crippen molar-refractivity contribution in [3.05, 3.63) is 11.4 Å². The highest BCUT2D eigenvalue weighted by molar-refractivity contribution is 7.03. The van der Waals surface area contributed by atoms with Crippen molar-refractivity contribution in [1.82, 2.24) is 4.37 Å². The standard InChI is InChI=1S/C10H14N2OS/c13-10(3-1-2-8-4-5-8)11-9-6-7-14-12-9/h6-8H,1-5H2,(H,11,12,13). The predicted octanol–water partition coefficient (Wildman–Crippen LogP) is 2.66. The van der Waals surface area contributed by atoms with E-state index in [4.69, 9.17) is 0 Å². The summed E-state index contributed by atoms with van der Waals surface area (Å²) in [6, 6.07) is 1.82. The Hall–Kier alpha value is -0.900. The first kappa shape index (κ1) is 9.65. The van der Waals surface area contributed by atoms with Crippen LogP contribution in [0.4, 0.5) is 5.82 Å². The van der Waals surface area contributed by atoms with Crippen molar-refractivity contribution in [1.29, 1.82) is 0 Å². The molecular formula is C10H14N2OS. The van der Waals surface area contributed by atoms with Crippen LogP contribution >= 0.6 is 11.5 Å². The minimum Gasteiger partial charge on any atom is -0.310 e.